The van der Waals surface area contributed by atoms with E-state index in [0.717, 1.165) is 13.0 Å². The molecule has 0 spiro atoms. The molecule has 2 atom stereocenters. The second kappa shape index (κ2) is 5.35. The highest BCUT2D eigenvalue weighted by atomic mass is 16.3. The van der Waals surface area contributed by atoms with Crippen molar-refractivity contribution in [3.63, 3.8) is 0 Å². The van der Waals surface area contributed by atoms with Gasteiger partial charge in [0.2, 0.25) is 0 Å². The predicted molar refractivity (Wildman–Crippen MR) is 78.0 cm³/mol. The number of nitrogens with zero attached hydrogens (tertiary/aromatic N) is 1. The van der Waals surface area contributed by atoms with Gasteiger partial charge in [0.05, 0.1) is 0 Å². The molecular weight excluding hydrogens is 236 g/mol. The van der Waals surface area contributed by atoms with Crippen LogP contribution in [0.5, 0.6) is 0 Å². The number of fused-ring (bicyclic) bond motifs is 1. The van der Waals surface area contributed by atoms with Gasteiger partial charge in [-0.25, -0.2) is 0 Å². The molecule has 1 heterocycles. The van der Waals surface area contributed by atoms with Crippen LogP contribution in [0.2, 0.25) is 0 Å². The number of nitrogens with one attached hydrogen (secondary N) is 1. The Bertz CT molecular complexity index is 561. The number of aryl methyl sites for hydroxylation is 1. The summed E-state index contributed by atoms with van der Waals surface area (Å²) in [5.41, 5.74) is 2.63. The van der Waals surface area contributed by atoms with Gasteiger partial charge in [-0.2, -0.15) is 0 Å². The lowest BCUT2D eigenvalue weighted by Crippen LogP contribution is -2.33. The third-order valence-corrected chi connectivity index (χ3v) is 4.43. The molecule has 2 aromatic rings. The number of para-hydroxylation sites is 1. The molecule has 3 nitrogen and oxygen atoms in total. The van der Waals surface area contributed by atoms with Gasteiger partial charge in [0, 0.05) is 43.3 Å². The van der Waals surface area contributed by atoms with Crippen molar-refractivity contribution in [3.8, 4) is 0 Å². The number of hydrogen-bond donors (Lipinski definition) is 2. The van der Waals surface area contributed by atoms with Crippen LogP contribution in [0.3, 0.4) is 0 Å². The van der Waals surface area contributed by atoms with Gasteiger partial charge in [0.15, 0.2) is 0 Å². The number of aromatic nitrogens is 1. The molecule has 2 N–H and O–H groups in total. The van der Waals surface area contributed by atoms with Crippen LogP contribution in [0, 0.1) is 5.92 Å². The summed E-state index contributed by atoms with van der Waals surface area (Å²) in [6.45, 7) is 1.20. The SMILES string of the molecule is Cn1cc(CNC2CCCC2CO)c2ccccc21. The molecule has 0 bridgehead atoms. The van der Waals surface area contributed by atoms with Crippen LogP contribution in [0.25, 0.3) is 10.9 Å². The second-order valence-electron chi connectivity index (χ2n) is 5.64. The Kier molecular flexibility index (Phi) is 3.58. The lowest BCUT2D eigenvalue weighted by Gasteiger charge is -2.18. The van der Waals surface area contributed by atoms with Crippen molar-refractivity contribution in [2.75, 3.05) is 6.61 Å². The maximum Gasteiger partial charge on any atom is 0.0481 e. The molecule has 1 saturated carbocycles. The summed E-state index contributed by atoms with van der Waals surface area (Å²) >= 11 is 0. The highest BCUT2D eigenvalue weighted by Gasteiger charge is 2.26. The monoisotopic (exact) mass is 258 g/mol. The Morgan fingerprint density at radius 3 is 3.00 bits per heavy atom. The number of aliphatic hydroxyl groups is 1. The van der Waals surface area contributed by atoms with E-state index in [9.17, 15) is 5.11 Å². The van der Waals surface area contributed by atoms with E-state index < -0.39 is 0 Å². The smallest absolute Gasteiger partial charge is 0.0481 e. The van der Waals surface area contributed by atoms with Crippen LogP contribution < -0.4 is 5.32 Å². The van der Waals surface area contributed by atoms with E-state index >= 15 is 0 Å². The summed E-state index contributed by atoms with van der Waals surface area (Å²) in [5.74, 6) is 0.440. The van der Waals surface area contributed by atoms with Crippen LogP contribution in [-0.2, 0) is 13.6 Å². The molecule has 0 radical (unpaired) electrons. The Balaban J connectivity index is 1.75. The molecule has 102 valence electrons. The van der Waals surface area contributed by atoms with E-state index in [-0.39, 0.29) is 0 Å². The quantitative estimate of drug-likeness (QED) is 0.884. The average molecular weight is 258 g/mol. The maximum absolute atomic E-state index is 9.37. The molecular formula is C16H22N2O. The van der Waals surface area contributed by atoms with Gasteiger partial charge >= 0.3 is 0 Å². The molecule has 1 fully saturated rings. The van der Waals surface area contributed by atoms with Gasteiger partial charge < -0.3 is 15.0 Å². The van der Waals surface area contributed by atoms with Crippen molar-refractivity contribution >= 4 is 10.9 Å². The van der Waals surface area contributed by atoms with Crippen LogP contribution in [0.15, 0.2) is 30.5 Å². The largest absolute Gasteiger partial charge is 0.396 e. The van der Waals surface area contributed by atoms with E-state index in [4.69, 9.17) is 0 Å². The van der Waals surface area contributed by atoms with Gasteiger partial charge in [-0.15, -0.1) is 0 Å². The van der Waals surface area contributed by atoms with Crippen molar-refractivity contribution in [1.29, 1.82) is 0 Å². The first-order chi connectivity index (χ1) is 9.29. The van der Waals surface area contributed by atoms with E-state index in [1.807, 2.05) is 0 Å². The zero-order chi connectivity index (χ0) is 13.2. The van der Waals surface area contributed by atoms with Gasteiger partial charge in [0.1, 0.15) is 0 Å². The summed E-state index contributed by atoms with van der Waals surface area (Å²) in [6, 6.07) is 9.00. The minimum atomic E-state index is 0.313. The van der Waals surface area contributed by atoms with Gasteiger partial charge in [0.25, 0.3) is 0 Å². The van der Waals surface area contributed by atoms with Crippen LogP contribution in [0.1, 0.15) is 24.8 Å². The van der Waals surface area contributed by atoms with Crippen molar-refractivity contribution < 1.29 is 5.11 Å². The molecule has 0 saturated heterocycles. The lowest BCUT2D eigenvalue weighted by atomic mass is 10.0. The Morgan fingerprint density at radius 2 is 2.16 bits per heavy atom. The fourth-order valence-corrected chi connectivity index (χ4v) is 3.33. The van der Waals surface area contributed by atoms with E-state index in [2.05, 4.69) is 47.4 Å². The number of aliphatic hydroxyl groups excluding tert-OH is 1. The van der Waals surface area contributed by atoms with E-state index in [1.54, 1.807) is 0 Å². The third-order valence-electron chi connectivity index (χ3n) is 4.43. The Labute approximate surface area is 114 Å². The molecule has 1 aromatic carbocycles. The summed E-state index contributed by atoms with van der Waals surface area (Å²) in [4.78, 5) is 0. The fraction of sp³-hybridized carbons (Fsp3) is 0.500. The second-order valence-corrected chi connectivity index (χ2v) is 5.64. The normalized spacial score (nSPS) is 23.3. The van der Waals surface area contributed by atoms with Crippen LogP contribution >= 0.6 is 0 Å². The molecule has 1 aliphatic rings. The van der Waals surface area contributed by atoms with Crippen molar-refractivity contribution in [3.05, 3.63) is 36.0 Å². The minimum Gasteiger partial charge on any atom is -0.396 e. The Hall–Kier alpha value is -1.32. The standard InChI is InChI=1S/C16H22N2O/c1-18-10-13(14-6-2-3-8-16(14)18)9-17-15-7-4-5-12(15)11-19/h2-3,6,8,10,12,15,17,19H,4-5,7,9,11H2,1H3. The zero-order valence-corrected chi connectivity index (χ0v) is 11.5. The first-order valence-electron chi connectivity index (χ1n) is 7.17. The summed E-state index contributed by atoms with van der Waals surface area (Å²) in [7, 11) is 2.10. The first kappa shape index (κ1) is 12.7. The predicted octanol–water partition coefficient (Wildman–Crippen LogP) is 2.43. The number of rotatable bonds is 4. The molecule has 1 aromatic heterocycles. The molecule has 3 heteroatoms. The molecule has 19 heavy (non-hydrogen) atoms. The highest BCUT2D eigenvalue weighted by Crippen LogP contribution is 2.26. The molecule has 1 aliphatic carbocycles. The van der Waals surface area contributed by atoms with Crippen molar-refractivity contribution in [1.82, 2.24) is 9.88 Å². The van der Waals surface area contributed by atoms with Crippen LogP contribution in [0.4, 0.5) is 0 Å². The molecule has 0 aliphatic heterocycles. The molecule has 0 amide bonds. The summed E-state index contributed by atoms with van der Waals surface area (Å²) in [6.07, 6.45) is 5.79. The van der Waals surface area contributed by atoms with Gasteiger partial charge in [-0.05, 0) is 30.4 Å². The fourth-order valence-electron chi connectivity index (χ4n) is 3.33. The highest BCUT2D eigenvalue weighted by molar-refractivity contribution is 5.83. The maximum atomic E-state index is 9.37. The zero-order valence-electron chi connectivity index (χ0n) is 11.5. The van der Waals surface area contributed by atoms with E-state index in [1.165, 1.54) is 29.3 Å². The molecule has 2 unspecified atom stereocenters. The number of hydrogen-bond acceptors (Lipinski definition) is 2. The van der Waals surface area contributed by atoms with Gasteiger partial charge in [-0.3, -0.25) is 0 Å². The first-order valence-corrected chi connectivity index (χ1v) is 7.17. The molecule has 3 rings (SSSR count). The van der Waals surface area contributed by atoms with Crippen molar-refractivity contribution in [2.45, 2.75) is 31.8 Å². The summed E-state index contributed by atoms with van der Waals surface area (Å²) in [5, 5.41) is 14.3. The summed E-state index contributed by atoms with van der Waals surface area (Å²) < 4.78 is 2.19. The lowest BCUT2D eigenvalue weighted by molar-refractivity contribution is 0.205. The topological polar surface area (TPSA) is 37.2 Å². The third kappa shape index (κ3) is 2.40. The van der Waals surface area contributed by atoms with E-state index in [0.29, 0.717) is 18.6 Å². The average Bonchev–Trinajstić information content (AvgIpc) is 3.02. The number of benzene rings is 1. The van der Waals surface area contributed by atoms with Gasteiger partial charge in [-0.1, -0.05) is 24.6 Å². The Morgan fingerprint density at radius 1 is 1.32 bits per heavy atom. The van der Waals surface area contributed by atoms with Crippen LogP contribution in [-0.4, -0.2) is 22.3 Å². The minimum absolute atomic E-state index is 0.313. The van der Waals surface area contributed by atoms with Crippen molar-refractivity contribution in [2.24, 2.45) is 13.0 Å².